The fourth-order valence-electron chi connectivity index (χ4n) is 18.5. The van der Waals surface area contributed by atoms with Crippen molar-refractivity contribution >= 4 is 113 Å². The van der Waals surface area contributed by atoms with Gasteiger partial charge in [0.15, 0.2) is 34.5 Å². The number of likely N-dealkylation sites (tertiary alicyclic amines) is 5. The third-order valence-electron chi connectivity index (χ3n) is 25.1. The van der Waals surface area contributed by atoms with Crippen molar-refractivity contribution < 1.29 is 39.0 Å². The summed E-state index contributed by atoms with van der Waals surface area (Å²) in [6.45, 7) is 30.9. The summed E-state index contributed by atoms with van der Waals surface area (Å²) in [6.07, 6.45) is 23.7. The summed E-state index contributed by atoms with van der Waals surface area (Å²) in [7, 11) is 1.94. The molecular formula is C100H109Cl2N15O8. The van der Waals surface area contributed by atoms with Crippen LogP contribution in [0.25, 0.3) is 76.3 Å². The molecule has 5 saturated heterocycles. The average molecular weight is 1720 g/mol. The number of carbonyl (C=O) groups is 6. The highest BCUT2D eigenvalue weighted by molar-refractivity contribution is 6.31. The Balaban J connectivity index is 0.000000130. The number of phenolic OH excluding ortho intramolecular Hbond substituents is 1. The summed E-state index contributed by atoms with van der Waals surface area (Å²) < 4.78 is 8.09. The Hall–Kier alpha value is -11.5. The number of aromatic nitrogens is 6. The molecule has 11 heterocycles. The smallest absolute Gasteiger partial charge is 0.227 e. The predicted molar refractivity (Wildman–Crippen MR) is 494 cm³/mol. The van der Waals surface area contributed by atoms with Gasteiger partial charge in [-0.2, -0.15) is 0 Å². The Labute approximate surface area is 740 Å². The second-order valence-electron chi connectivity index (χ2n) is 34.0. The first kappa shape index (κ1) is 88.4. The van der Waals surface area contributed by atoms with Crippen LogP contribution in [0.3, 0.4) is 0 Å². The predicted octanol–water partition coefficient (Wildman–Crippen LogP) is 17.5. The minimum atomic E-state index is -0.141. The number of aliphatic hydroxyl groups excluding tert-OH is 1. The number of piperidine rings is 5. The number of amides is 2. The molecule has 5 aliphatic heterocycles. The molecule has 25 heteroatoms. The lowest BCUT2D eigenvalue weighted by atomic mass is 10.1. The molecule has 6 aromatic carbocycles. The van der Waals surface area contributed by atoms with E-state index in [0.717, 1.165) is 194 Å². The van der Waals surface area contributed by atoms with Crippen molar-refractivity contribution in [1.82, 2.24) is 63.4 Å². The van der Waals surface area contributed by atoms with Gasteiger partial charge in [0.1, 0.15) is 5.75 Å². The van der Waals surface area contributed by atoms with Gasteiger partial charge in [-0.3, -0.25) is 58.3 Å². The summed E-state index contributed by atoms with van der Waals surface area (Å²) >= 11 is 12.1. The van der Waals surface area contributed by atoms with Crippen molar-refractivity contribution in [3.8, 4) is 28.5 Å². The highest BCUT2D eigenvalue weighted by Crippen LogP contribution is 2.45. The number of nitrogens with zero attached hydrogens (tertiary/aromatic N) is 13. The van der Waals surface area contributed by atoms with Crippen molar-refractivity contribution in [2.45, 2.75) is 123 Å². The van der Waals surface area contributed by atoms with Gasteiger partial charge in [-0.1, -0.05) is 85.3 Å². The van der Waals surface area contributed by atoms with Crippen LogP contribution in [-0.2, 0) is 29.0 Å². The minimum absolute atomic E-state index is 0.0289. The monoisotopic (exact) mass is 1720 g/mol. The molecule has 2 amide bonds. The number of nitrogens with one attached hydrogen (secondary N) is 2. The molecule has 6 aromatic heterocycles. The fourth-order valence-corrected chi connectivity index (χ4v) is 18.7. The van der Waals surface area contributed by atoms with Crippen LogP contribution in [0.1, 0.15) is 159 Å². The Bertz CT molecular complexity index is 5980. The highest BCUT2D eigenvalue weighted by Gasteiger charge is 2.46. The van der Waals surface area contributed by atoms with E-state index in [1.165, 1.54) is 50.5 Å². The topological polar surface area (TPSA) is 237 Å². The minimum Gasteiger partial charge on any atom is -0.508 e. The zero-order valence-corrected chi connectivity index (χ0v) is 73.1. The number of aliphatic hydroxyl groups is 1. The van der Waals surface area contributed by atoms with Crippen LogP contribution in [0.2, 0.25) is 10.0 Å². The van der Waals surface area contributed by atoms with E-state index in [0.29, 0.717) is 107 Å². The maximum atomic E-state index is 13.6. The number of carbonyl (C=O) groups excluding carboxylic acids is 6. The van der Waals surface area contributed by atoms with E-state index in [4.69, 9.17) is 46.4 Å². The largest absolute Gasteiger partial charge is 0.508 e. The summed E-state index contributed by atoms with van der Waals surface area (Å²) in [5.74, 6) is 2.06. The van der Waals surface area contributed by atoms with E-state index in [-0.39, 0.29) is 53.7 Å². The molecule has 646 valence electrons. The zero-order valence-electron chi connectivity index (χ0n) is 71.6. The van der Waals surface area contributed by atoms with Gasteiger partial charge in [-0.15, -0.1) is 0 Å². The first-order valence-electron chi connectivity index (χ1n) is 44.1. The molecule has 2 atom stereocenters. The van der Waals surface area contributed by atoms with Crippen molar-refractivity contribution in [3.05, 3.63) is 254 Å². The maximum Gasteiger partial charge on any atom is 0.227 e. The first-order valence-corrected chi connectivity index (χ1v) is 44.8. The summed E-state index contributed by atoms with van der Waals surface area (Å²) in [5.41, 5.74) is 16.7. The van der Waals surface area contributed by atoms with E-state index in [9.17, 15) is 33.9 Å². The number of hydrogen-bond donors (Lipinski definition) is 4. The molecular weight excluding hydrogens is 1610 g/mol. The lowest BCUT2D eigenvalue weighted by Crippen LogP contribution is -2.34. The molecule has 1 aliphatic carbocycles. The molecule has 18 rings (SSSR count). The van der Waals surface area contributed by atoms with Crippen LogP contribution >= 0.6 is 23.2 Å². The second-order valence-corrected chi connectivity index (χ2v) is 34.9. The standard InChI is InChI=1S/C29H31N5O2.C27H31N5O3.C23H26ClN3O.C21H21ClN2O2/c1-19-28(26(35)18-32-10-4-3-5-11-32)29-25(34(19)24-8-6-23(30-2)7-9-24)12-20(15-31-29)13-27(36)33-16-21-14-22(21)17-33;1-19-26(24(34)18-31-12-4-3-5-13-31)27-23(32(19)22-9-7-21(28-2)8-10-22)15-20(17-30-27)16-25(35)29-11-6-14-33;1-25-14-17-5-10-20-21(23(28)16-26-11-3-2-4-12-26)15-27(22(20)13-17)19-8-6-18(24)7-9-19;22-15-4-6-16(7-5-15)24-13-19(18-9-8-17(25)12-20(18)24)21(26)14-23-10-2-1-3-11-23/h6-9,12,15,21-22H,3-5,10-11,13-14,16-18H2,1H3;7-10,15,17,33H,3-6,11-14,16,18H2,1H3,(H,29,35);5-10,13,15,25H,2-4,11-12,14,16H2,1H3;4-9,12-13,25H,1-3,10-11,14H2. The van der Waals surface area contributed by atoms with Gasteiger partial charge in [-0.25, -0.2) is 9.69 Å². The number of hydrogen-bond acceptors (Lipinski definition) is 15. The molecule has 6 fully saturated rings. The summed E-state index contributed by atoms with van der Waals surface area (Å²) in [6, 6.07) is 45.3. The van der Waals surface area contributed by atoms with Crippen LogP contribution in [0.4, 0.5) is 11.4 Å². The van der Waals surface area contributed by atoms with Crippen molar-refractivity contribution in [1.29, 1.82) is 0 Å². The molecule has 0 bridgehead atoms. The summed E-state index contributed by atoms with van der Waals surface area (Å²) in [5, 5.41) is 28.1. The van der Waals surface area contributed by atoms with E-state index < -0.39 is 0 Å². The zero-order chi connectivity index (χ0) is 87.2. The summed E-state index contributed by atoms with van der Waals surface area (Å²) in [4.78, 5) is 106. The average Bonchev–Trinajstić information content (AvgIpc) is 1.63. The van der Waals surface area contributed by atoms with Crippen LogP contribution in [0.15, 0.2) is 170 Å². The van der Waals surface area contributed by atoms with Gasteiger partial charge < -0.3 is 44.0 Å². The van der Waals surface area contributed by atoms with E-state index >= 15 is 0 Å². The molecule has 12 aromatic rings. The Morgan fingerprint density at radius 2 is 0.864 bits per heavy atom. The quantitative estimate of drug-likeness (QED) is 0.0236. The normalized spacial score (nSPS) is 16.7. The molecule has 4 N–H and O–H groups in total. The van der Waals surface area contributed by atoms with Crippen molar-refractivity contribution in [2.75, 3.05) is 112 Å². The van der Waals surface area contributed by atoms with Gasteiger partial charge in [0.05, 0.1) is 96.4 Å². The Morgan fingerprint density at radius 1 is 0.472 bits per heavy atom. The molecule has 0 spiro atoms. The van der Waals surface area contributed by atoms with Gasteiger partial charge in [-0.05, 0) is 269 Å². The van der Waals surface area contributed by atoms with Crippen LogP contribution in [-0.4, -0.2) is 210 Å². The third kappa shape index (κ3) is 21.2. The fraction of sp³-hybridized carbons (Fsp3) is 0.380. The van der Waals surface area contributed by atoms with Crippen LogP contribution < -0.4 is 10.6 Å². The van der Waals surface area contributed by atoms with Gasteiger partial charge in [0.2, 0.25) is 11.8 Å². The lowest BCUT2D eigenvalue weighted by Gasteiger charge is -2.25. The lowest BCUT2D eigenvalue weighted by molar-refractivity contribution is -0.130. The number of benzene rings is 6. The number of fused-ring (bicyclic) bond motifs is 5. The maximum absolute atomic E-state index is 13.6. The molecule has 0 radical (unpaired) electrons. The van der Waals surface area contributed by atoms with Crippen LogP contribution in [0.5, 0.6) is 5.75 Å². The van der Waals surface area contributed by atoms with Crippen molar-refractivity contribution in [2.24, 2.45) is 11.8 Å². The highest BCUT2D eigenvalue weighted by atomic mass is 35.5. The molecule has 23 nitrogen and oxygen atoms in total. The number of Topliss-reactive ketones (excluding diaryl/α,β-unsaturated/α-hetero) is 4. The van der Waals surface area contributed by atoms with Gasteiger partial charge in [0.25, 0.3) is 0 Å². The molecule has 1 saturated carbocycles. The van der Waals surface area contributed by atoms with Crippen LogP contribution in [0, 0.1) is 38.8 Å². The van der Waals surface area contributed by atoms with E-state index in [2.05, 4.69) is 72.2 Å². The first-order chi connectivity index (χ1) is 60.8. The number of halogens is 2. The molecule has 125 heavy (non-hydrogen) atoms. The van der Waals surface area contributed by atoms with E-state index in [1.54, 1.807) is 48.8 Å². The van der Waals surface area contributed by atoms with Gasteiger partial charge in [0, 0.05) is 130 Å². The molecule has 2 unspecified atom stereocenters. The number of phenols is 1. The van der Waals surface area contributed by atoms with Gasteiger partial charge >= 0.3 is 0 Å². The number of pyridine rings is 2. The second kappa shape index (κ2) is 41.1. The Morgan fingerprint density at radius 3 is 1.28 bits per heavy atom. The van der Waals surface area contributed by atoms with E-state index in [1.807, 2.05) is 138 Å². The number of aromatic hydroxyl groups is 1. The van der Waals surface area contributed by atoms with Crippen molar-refractivity contribution in [3.63, 3.8) is 0 Å². The number of rotatable bonds is 25. The number of ketones is 4. The SMILES string of the molecule is CNCc1ccc2c(C(=O)CN3CCCCC3)cn(-c3ccc(Cl)cc3)c2c1.O=C(CN1CCCCC1)c1cn(-c2ccc(Cl)cc2)c2cc(O)ccc12.[C-]#[N+]c1ccc(-n2c(C)c(C(=O)CN3CCCCC3)c3ncc(CC(=O)N4CC5CC5C4)cc32)cc1.[C-]#[N+]c1ccc(-n2c(C)c(C(=O)CN3CCCCC3)c3ncc(CC(=O)NCCCO)cc32)cc1. The Kier molecular flexibility index (Phi) is 29.1. The third-order valence-corrected chi connectivity index (χ3v) is 25.6. The molecule has 6 aliphatic rings.